The number of nitrogens with one attached hydrogen (secondary N) is 3. The summed E-state index contributed by atoms with van der Waals surface area (Å²) in [6, 6.07) is 14.3. The first-order valence-electron chi connectivity index (χ1n) is 10.0. The van der Waals surface area contributed by atoms with Gasteiger partial charge in [-0.25, -0.2) is 13.4 Å². The minimum absolute atomic E-state index is 0.0767. The van der Waals surface area contributed by atoms with Gasteiger partial charge in [0.2, 0.25) is 0 Å². The minimum Gasteiger partial charge on any atom is -0.357 e. The second-order valence-electron chi connectivity index (χ2n) is 6.84. The van der Waals surface area contributed by atoms with Crippen LogP contribution in [-0.2, 0) is 22.8 Å². The summed E-state index contributed by atoms with van der Waals surface area (Å²) >= 11 is 0. The Kier molecular flexibility index (Phi) is 8.86. The molecule has 0 aliphatic heterocycles. The molecule has 2 aromatic rings. The first-order chi connectivity index (χ1) is 14.3. The molecule has 0 aromatic heterocycles. The van der Waals surface area contributed by atoms with E-state index in [0.717, 1.165) is 24.1 Å². The zero-order chi connectivity index (χ0) is 22.0. The summed E-state index contributed by atoms with van der Waals surface area (Å²) in [5.41, 5.74) is 2.69. The Bertz CT molecular complexity index is 953. The van der Waals surface area contributed by atoms with Crippen LogP contribution in [0, 0.1) is 0 Å². The third-order valence-corrected chi connectivity index (χ3v) is 5.50. The van der Waals surface area contributed by atoms with Crippen LogP contribution in [-0.4, -0.2) is 46.2 Å². The summed E-state index contributed by atoms with van der Waals surface area (Å²) in [5, 5.41) is 9.28. The topological polar surface area (TPSA) is 99.7 Å². The summed E-state index contributed by atoms with van der Waals surface area (Å²) < 4.78 is 23.1. The molecule has 0 aliphatic carbocycles. The maximum absolute atomic E-state index is 11.8. The van der Waals surface area contributed by atoms with E-state index in [4.69, 9.17) is 0 Å². The standard InChI is InChI=1S/C22H30N4O3S/c1-4-23-21(27)19-10-6-18(7-11-19)16-26-22(24-5-2)25-15-14-17-8-12-20(13-9-17)30(3,28)29/h6-13H,4-5,14-16H2,1-3H3,(H,23,27)(H2,24,25,26). The van der Waals surface area contributed by atoms with E-state index in [9.17, 15) is 13.2 Å². The molecular weight excluding hydrogens is 400 g/mol. The number of aliphatic imine (C=N–C) groups is 1. The Morgan fingerprint density at radius 3 is 2.03 bits per heavy atom. The number of carbonyl (C=O) groups is 1. The molecule has 0 heterocycles. The average Bonchev–Trinajstić information content (AvgIpc) is 2.72. The first kappa shape index (κ1) is 23.4. The summed E-state index contributed by atoms with van der Waals surface area (Å²) in [6.45, 7) is 6.40. The van der Waals surface area contributed by atoms with Gasteiger partial charge in [0.25, 0.3) is 5.91 Å². The Balaban J connectivity index is 1.90. The van der Waals surface area contributed by atoms with Crippen molar-refractivity contribution in [2.45, 2.75) is 31.7 Å². The molecule has 0 unspecified atom stereocenters. The van der Waals surface area contributed by atoms with Crippen molar-refractivity contribution < 1.29 is 13.2 Å². The van der Waals surface area contributed by atoms with Gasteiger partial charge in [-0.3, -0.25) is 4.79 Å². The summed E-state index contributed by atoms with van der Waals surface area (Å²) in [4.78, 5) is 16.7. The molecule has 8 heteroatoms. The van der Waals surface area contributed by atoms with E-state index in [1.54, 1.807) is 24.3 Å². The third kappa shape index (κ3) is 7.51. The molecule has 0 atom stereocenters. The van der Waals surface area contributed by atoms with Gasteiger partial charge in [0.05, 0.1) is 11.4 Å². The highest BCUT2D eigenvalue weighted by Gasteiger charge is 2.06. The van der Waals surface area contributed by atoms with E-state index in [0.29, 0.717) is 36.1 Å². The van der Waals surface area contributed by atoms with Crippen LogP contribution < -0.4 is 16.0 Å². The molecule has 2 rings (SSSR count). The SMILES string of the molecule is CCNC(=O)c1ccc(CN=C(NCC)NCCc2ccc(S(C)(=O)=O)cc2)cc1. The van der Waals surface area contributed by atoms with E-state index in [-0.39, 0.29) is 5.91 Å². The van der Waals surface area contributed by atoms with Crippen LogP contribution in [0.4, 0.5) is 0 Å². The Morgan fingerprint density at radius 1 is 0.867 bits per heavy atom. The molecule has 0 saturated heterocycles. The van der Waals surface area contributed by atoms with Gasteiger partial charge in [0.15, 0.2) is 15.8 Å². The molecule has 2 aromatic carbocycles. The molecule has 30 heavy (non-hydrogen) atoms. The molecule has 0 radical (unpaired) electrons. The zero-order valence-electron chi connectivity index (χ0n) is 17.7. The van der Waals surface area contributed by atoms with Crippen LogP contribution in [0.5, 0.6) is 0 Å². The summed E-state index contributed by atoms with van der Waals surface area (Å²) in [5.74, 6) is 0.630. The fraction of sp³-hybridized carbons (Fsp3) is 0.364. The van der Waals surface area contributed by atoms with Crippen LogP contribution in [0.3, 0.4) is 0 Å². The first-order valence-corrected chi connectivity index (χ1v) is 11.9. The quantitative estimate of drug-likeness (QED) is 0.418. The van der Waals surface area contributed by atoms with Crippen molar-refractivity contribution in [3.05, 3.63) is 65.2 Å². The van der Waals surface area contributed by atoms with Crippen molar-refractivity contribution in [2.24, 2.45) is 4.99 Å². The highest BCUT2D eigenvalue weighted by Crippen LogP contribution is 2.10. The predicted molar refractivity (Wildman–Crippen MR) is 121 cm³/mol. The fourth-order valence-electron chi connectivity index (χ4n) is 2.76. The molecule has 0 spiro atoms. The zero-order valence-corrected chi connectivity index (χ0v) is 18.6. The number of sulfone groups is 1. The van der Waals surface area contributed by atoms with Crippen LogP contribution >= 0.6 is 0 Å². The molecule has 0 fully saturated rings. The second kappa shape index (κ2) is 11.3. The molecule has 3 N–H and O–H groups in total. The van der Waals surface area contributed by atoms with Crippen LogP contribution in [0.25, 0.3) is 0 Å². The Hall–Kier alpha value is -2.87. The molecule has 1 amide bonds. The van der Waals surface area contributed by atoms with Crippen LogP contribution in [0.1, 0.15) is 35.3 Å². The van der Waals surface area contributed by atoms with Gasteiger partial charge in [0.1, 0.15) is 0 Å². The number of carbonyl (C=O) groups excluding carboxylic acids is 1. The van der Waals surface area contributed by atoms with Crippen molar-refractivity contribution in [1.82, 2.24) is 16.0 Å². The van der Waals surface area contributed by atoms with Crippen LogP contribution in [0.2, 0.25) is 0 Å². The molecule has 7 nitrogen and oxygen atoms in total. The summed E-state index contributed by atoms with van der Waals surface area (Å²) in [6.07, 6.45) is 1.95. The van der Waals surface area contributed by atoms with Crippen LogP contribution in [0.15, 0.2) is 58.4 Å². The molecule has 162 valence electrons. The lowest BCUT2D eigenvalue weighted by molar-refractivity contribution is 0.0956. The lowest BCUT2D eigenvalue weighted by Gasteiger charge is -2.11. The van der Waals surface area contributed by atoms with Crippen molar-refractivity contribution in [3.8, 4) is 0 Å². The monoisotopic (exact) mass is 430 g/mol. The smallest absolute Gasteiger partial charge is 0.251 e. The second-order valence-corrected chi connectivity index (χ2v) is 8.86. The number of amides is 1. The van der Waals surface area contributed by atoms with Crippen molar-refractivity contribution in [2.75, 3.05) is 25.9 Å². The van der Waals surface area contributed by atoms with E-state index in [2.05, 4.69) is 20.9 Å². The van der Waals surface area contributed by atoms with Crippen molar-refractivity contribution in [1.29, 1.82) is 0 Å². The van der Waals surface area contributed by atoms with Gasteiger partial charge in [-0.05, 0) is 55.7 Å². The van der Waals surface area contributed by atoms with Gasteiger partial charge in [-0.15, -0.1) is 0 Å². The van der Waals surface area contributed by atoms with Gasteiger partial charge in [-0.2, -0.15) is 0 Å². The van der Waals surface area contributed by atoms with E-state index >= 15 is 0 Å². The number of hydrogen-bond acceptors (Lipinski definition) is 4. The maximum Gasteiger partial charge on any atom is 0.251 e. The van der Waals surface area contributed by atoms with Gasteiger partial charge in [0, 0.05) is 31.5 Å². The minimum atomic E-state index is -3.17. The fourth-order valence-corrected chi connectivity index (χ4v) is 3.40. The molecule has 0 saturated carbocycles. The Labute approximate surface area is 178 Å². The third-order valence-electron chi connectivity index (χ3n) is 4.38. The normalized spacial score (nSPS) is 11.8. The van der Waals surface area contributed by atoms with E-state index < -0.39 is 9.84 Å². The van der Waals surface area contributed by atoms with Crippen molar-refractivity contribution >= 4 is 21.7 Å². The highest BCUT2D eigenvalue weighted by molar-refractivity contribution is 7.90. The number of benzene rings is 2. The average molecular weight is 431 g/mol. The van der Waals surface area contributed by atoms with Gasteiger partial charge in [-0.1, -0.05) is 24.3 Å². The number of nitrogens with zero attached hydrogens (tertiary/aromatic N) is 1. The van der Waals surface area contributed by atoms with E-state index in [1.807, 2.05) is 38.1 Å². The lowest BCUT2D eigenvalue weighted by Crippen LogP contribution is -2.38. The molecule has 0 aliphatic rings. The number of guanidine groups is 1. The molecule has 0 bridgehead atoms. The van der Waals surface area contributed by atoms with E-state index in [1.165, 1.54) is 6.26 Å². The lowest BCUT2D eigenvalue weighted by atomic mass is 10.1. The van der Waals surface area contributed by atoms with Gasteiger partial charge < -0.3 is 16.0 Å². The highest BCUT2D eigenvalue weighted by atomic mass is 32.2. The number of rotatable bonds is 9. The maximum atomic E-state index is 11.8. The predicted octanol–water partition coefficient (Wildman–Crippen LogP) is 2.14. The van der Waals surface area contributed by atoms with Gasteiger partial charge >= 0.3 is 0 Å². The molecular formula is C22H30N4O3S. The summed E-state index contributed by atoms with van der Waals surface area (Å²) in [7, 11) is -3.17. The number of hydrogen-bond donors (Lipinski definition) is 3. The Morgan fingerprint density at radius 2 is 1.47 bits per heavy atom. The largest absolute Gasteiger partial charge is 0.357 e. The van der Waals surface area contributed by atoms with Crippen molar-refractivity contribution in [3.63, 3.8) is 0 Å².